The van der Waals surface area contributed by atoms with Crippen LogP contribution in [0.25, 0.3) is 0 Å². The fourth-order valence-corrected chi connectivity index (χ4v) is 1.55. The third-order valence-electron chi connectivity index (χ3n) is 1.35. The van der Waals surface area contributed by atoms with Crippen molar-refractivity contribution in [1.82, 2.24) is 4.98 Å². The van der Waals surface area contributed by atoms with Gasteiger partial charge in [0.1, 0.15) is 0 Å². The first-order chi connectivity index (χ1) is 6.22. The van der Waals surface area contributed by atoms with E-state index in [0.29, 0.717) is 10.6 Å². The minimum absolute atomic E-state index is 0.277. The first kappa shape index (κ1) is 10.4. The van der Waals surface area contributed by atoms with Crippen molar-refractivity contribution in [3.8, 4) is 0 Å². The Balaban J connectivity index is 2.45. The summed E-state index contributed by atoms with van der Waals surface area (Å²) in [5.74, 6) is -0.191. The first-order valence-corrected chi connectivity index (χ1v) is 4.74. The third-order valence-corrected chi connectivity index (χ3v) is 2.49. The molecule has 0 aliphatic rings. The minimum Gasteiger partial charge on any atom is -0.394 e. The Morgan fingerprint density at radius 1 is 1.62 bits per heavy atom. The summed E-state index contributed by atoms with van der Waals surface area (Å²) >= 11 is 1.28. The zero-order valence-corrected chi connectivity index (χ0v) is 7.67. The highest BCUT2D eigenvalue weighted by Gasteiger charge is 2.03. The lowest BCUT2D eigenvalue weighted by molar-refractivity contribution is 0.113. The third kappa shape index (κ3) is 3.71. The number of rotatable bonds is 4. The molecule has 0 radical (unpaired) electrons. The largest absolute Gasteiger partial charge is 0.394 e. The van der Waals surface area contributed by atoms with Crippen molar-refractivity contribution in [1.29, 1.82) is 0 Å². The van der Waals surface area contributed by atoms with Gasteiger partial charge in [0.25, 0.3) is 0 Å². The van der Waals surface area contributed by atoms with Crippen LogP contribution >= 0.6 is 11.8 Å². The summed E-state index contributed by atoms with van der Waals surface area (Å²) in [6.45, 7) is -0.277. The monoisotopic (exact) mass is 203 g/mol. The van der Waals surface area contributed by atoms with E-state index in [4.69, 9.17) is 10.2 Å². The molecule has 0 fully saturated rings. The molecule has 0 saturated heterocycles. The molecular weight excluding hydrogens is 193 g/mol. The van der Waals surface area contributed by atoms with Crippen LogP contribution < -0.4 is 0 Å². The summed E-state index contributed by atoms with van der Waals surface area (Å²) in [7, 11) is 0. The maximum atomic E-state index is 12.5. The Morgan fingerprint density at radius 2 is 2.38 bits per heavy atom. The van der Waals surface area contributed by atoms with E-state index in [1.165, 1.54) is 24.0 Å². The van der Waals surface area contributed by atoms with Crippen LogP contribution in [-0.2, 0) is 0 Å². The number of aliphatic hydroxyl groups is 2. The SMILES string of the molecule is OCC(O)CSc1ccnc(F)c1. The van der Waals surface area contributed by atoms with E-state index >= 15 is 0 Å². The molecule has 1 aromatic rings. The van der Waals surface area contributed by atoms with E-state index in [0.717, 1.165) is 0 Å². The maximum Gasteiger partial charge on any atom is 0.213 e. The lowest BCUT2D eigenvalue weighted by Crippen LogP contribution is -2.14. The van der Waals surface area contributed by atoms with Gasteiger partial charge in [0.15, 0.2) is 0 Å². The Bertz CT molecular complexity index is 272. The van der Waals surface area contributed by atoms with Gasteiger partial charge in [-0.1, -0.05) is 0 Å². The van der Waals surface area contributed by atoms with Crippen molar-refractivity contribution >= 4 is 11.8 Å². The number of halogens is 1. The smallest absolute Gasteiger partial charge is 0.213 e. The van der Waals surface area contributed by atoms with Crippen molar-refractivity contribution in [2.75, 3.05) is 12.4 Å². The molecule has 72 valence electrons. The van der Waals surface area contributed by atoms with Gasteiger partial charge in [-0.25, -0.2) is 4.98 Å². The van der Waals surface area contributed by atoms with Crippen molar-refractivity contribution in [3.63, 3.8) is 0 Å². The highest BCUT2D eigenvalue weighted by atomic mass is 32.2. The molecule has 0 amide bonds. The number of aliphatic hydroxyl groups excluding tert-OH is 2. The van der Waals surface area contributed by atoms with Gasteiger partial charge >= 0.3 is 0 Å². The predicted molar refractivity (Wildman–Crippen MR) is 48.0 cm³/mol. The van der Waals surface area contributed by atoms with Crippen molar-refractivity contribution < 1.29 is 14.6 Å². The number of nitrogens with zero attached hydrogens (tertiary/aromatic N) is 1. The van der Waals surface area contributed by atoms with Gasteiger partial charge in [0.2, 0.25) is 5.95 Å². The maximum absolute atomic E-state index is 12.5. The minimum atomic E-state index is -0.763. The quantitative estimate of drug-likeness (QED) is 0.557. The number of aromatic nitrogens is 1. The first-order valence-electron chi connectivity index (χ1n) is 3.75. The van der Waals surface area contributed by atoms with E-state index in [1.54, 1.807) is 6.07 Å². The highest BCUT2D eigenvalue weighted by molar-refractivity contribution is 7.99. The van der Waals surface area contributed by atoms with Crippen LogP contribution in [0.4, 0.5) is 4.39 Å². The highest BCUT2D eigenvalue weighted by Crippen LogP contribution is 2.18. The number of thioether (sulfide) groups is 1. The zero-order valence-electron chi connectivity index (χ0n) is 6.85. The Kier molecular flexibility index (Phi) is 4.14. The van der Waals surface area contributed by atoms with E-state index in [9.17, 15) is 4.39 Å². The predicted octanol–water partition coefficient (Wildman–Crippen LogP) is 0.666. The molecule has 0 saturated carbocycles. The molecular formula is C8H10FNO2S. The summed E-state index contributed by atoms with van der Waals surface area (Å²) in [5, 5.41) is 17.5. The average Bonchev–Trinajstić information content (AvgIpc) is 2.14. The van der Waals surface area contributed by atoms with E-state index in [2.05, 4.69) is 4.98 Å². The van der Waals surface area contributed by atoms with E-state index in [-0.39, 0.29) is 6.61 Å². The molecule has 0 spiro atoms. The number of hydrogen-bond donors (Lipinski definition) is 2. The Morgan fingerprint density at radius 3 is 3.00 bits per heavy atom. The van der Waals surface area contributed by atoms with Gasteiger partial charge < -0.3 is 10.2 Å². The van der Waals surface area contributed by atoms with Crippen LogP contribution in [0.5, 0.6) is 0 Å². The molecule has 1 heterocycles. The summed E-state index contributed by atoms with van der Waals surface area (Å²) in [6.07, 6.45) is 0.601. The molecule has 0 aromatic carbocycles. The lowest BCUT2D eigenvalue weighted by Gasteiger charge is -2.05. The molecule has 5 heteroatoms. The molecule has 1 unspecified atom stereocenters. The Hall–Kier alpha value is -0.650. The van der Waals surface area contributed by atoms with Crippen LogP contribution in [0.3, 0.4) is 0 Å². The fraction of sp³-hybridized carbons (Fsp3) is 0.375. The van der Waals surface area contributed by atoms with Gasteiger partial charge in [0.05, 0.1) is 12.7 Å². The van der Waals surface area contributed by atoms with Gasteiger partial charge in [-0.15, -0.1) is 11.8 Å². The molecule has 0 bridgehead atoms. The average molecular weight is 203 g/mol. The summed E-state index contributed by atoms with van der Waals surface area (Å²) in [4.78, 5) is 4.09. The van der Waals surface area contributed by atoms with E-state index in [1.807, 2.05) is 0 Å². The molecule has 1 atom stereocenters. The second-order valence-corrected chi connectivity index (χ2v) is 3.56. The van der Waals surface area contributed by atoms with Gasteiger partial charge in [0, 0.05) is 22.9 Å². The van der Waals surface area contributed by atoms with Crippen molar-refractivity contribution in [2.45, 2.75) is 11.0 Å². The molecule has 3 nitrogen and oxygen atoms in total. The molecule has 1 aromatic heterocycles. The molecule has 0 aliphatic carbocycles. The van der Waals surface area contributed by atoms with Crippen LogP contribution in [-0.4, -0.2) is 33.7 Å². The fourth-order valence-electron chi connectivity index (χ4n) is 0.720. The normalized spacial score (nSPS) is 12.8. The lowest BCUT2D eigenvalue weighted by atomic mass is 10.4. The summed E-state index contributed by atoms with van der Waals surface area (Å²) < 4.78 is 12.5. The molecule has 0 aliphatic heterocycles. The second kappa shape index (κ2) is 5.16. The standard InChI is InChI=1S/C8H10FNO2S/c9-8-3-7(1-2-10-8)13-5-6(12)4-11/h1-3,6,11-12H,4-5H2. The van der Waals surface area contributed by atoms with Crippen molar-refractivity contribution in [2.24, 2.45) is 0 Å². The van der Waals surface area contributed by atoms with Crippen LogP contribution in [0.2, 0.25) is 0 Å². The summed E-state index contributed by atoms with van der Waals surface area (Å²) in [5.41, 5.74) is 0. The molecule has 1 rings (SSSR count). The molecule has 2 N–H and O–H groups in total. The Labute approximate surface area is 79.6 Å². The van der Waals surface area contributed by atoms with Gasteiger partial charge in [-0.3, -0.25) is 0 Å². The van der Waals surface area contributed by atoms with Crippen molar-refractivity contribution in [3.05, 3.63) is 24.3 Å². The van der Waals surface area contributed by atoms with Crippen LogP contribution in [0.15, 0.2) is 23.2 Å². The van der Waals surface area contributed by atoms with Crippen LogP contribution in [0, 0.1) is 5.95 Å². The van der Waals surface area contributed by atoms with E-state index < -0.39 is 12.1 Å². The van der Waals surface area contributed by atoms with Gasteiger partial charge in [-0.05, 0) is 6.07 Å². The second-order valence-electron chi connectivity index (χ2n) is 2.46. The molecule has 13 heavy (non-hydrogen) atoms. The number of pyridine rings is 1. The zero-order chi connectivity index (χ0) is 9.68. The topological polar surface area (TPSA) is 53.4 Å². The summed E-state index contributed by atoms with van der Waals surface area (Å²) in [6, 6.07) is 2.94. The number of hydrogen-bond acceptors (Lipinski definition) is 4. The van der Waals surface area contributed by atoms with Gasteiger partial charge in [-0.2, -0.15) is 4.39 Å². The van der Waals surface area contributed by atoms with Crippen LogP contribution in [0.1, 0.15) is 0 Å².